The lowest BCUT2D eigenvalue weighted by Gasteiger charge is -2.32. The summed E-state index contributed by atoms with van der Waals surface area (Å²) in [6, 6.07) is 5.94. The first-order valence-electron chi connectivity index (χ1n) is 7.79. The summed E-state index contributed by atoms with van der Waals surface area (Å²) in [5, 5.41) is 3.14. The number of hydrogen-bond acceptors (Lipinski definition) is 1. The Labute approximate surface area is 124 Å². The Morgan fingerprint density at radius 1 is 1.19 bits per heavy atom. The molecule has 0 aromatic heterocycles. The van der Waals surface area contributed by atoms with Gasteiger partial charge in [0.15, 0.2) is 0 Å². The second kappa shape index (κ2) is 6.71. The Kier molecular flexibility index (Phi) is 5.17. The molecule has 0 spiro atoms. The van der Waals surface area contributed by atoms with Crippen molar-refractivity contribution in [3.8, 4) is 0 Å². The standard InChI is InChI=1S/C17H24F3N/c1-12(2)10-13-6-5-7-14(11-13)21-16-9-4-3-8-15(16)17(18,19)20/h3-4,8-9,12-14,21H,5-7,10-11H2,1-2H3. The SMILES string of the molecule is CC(C)CC1CCCC(Nc2ccccc2C(F)(F)F)C1. The number of nitrogens with one attached hydrogen (secondary N) is 1. The van der Waals surface area contributed by atoms with Crippen LogP contribution in [0.1, 0.15) is 51.5 Å². The second-order valence-electron chi connectivity index (χ2n) is 6.55. The lowest BCUT2D eigenvalue weighted by Crippen LogP contribution is -2.29. The van der Waals surface area contributed by atoms with E-state index in [1.807, 2.05) is 0 Å². The molecule has 0 amide bonds. The van der Waals surface area contributed by atoms with Crippen molar-refractivity contribution in [1.82, 2.24) is 0 Å². The molecule has 1 aliphatic rings. The van der Waals surface area contributed by atoms with Gasteiger partial charge in [-0.25, -0.2) is 0 Å². The fourth-order valence-electron chi connectivity index (χ4n) is 3.38. The van der Waals surface area contributed by atoms with E-state index in [1.54, 1.807) is 6.07 Å². The molecule has 0 radical (unpaired) electrons. The average molecular weight is 299 g/mol. The quantitative estimate of drug-likeness (QED) is 0.749. The van der Waals surface area contributed by atoms with Gasteiger partial charge in [0.1, 0.15) is 0 Å². The van der Waals surface area contributed by atoms with Gasteiger partial charge in [0.2, 0.25) is 0 Å². The third-order valence-electron chi connectivity index (χ3n) is 4.18. The zero-order valence-corrected chi connectivity index (χ0v) is 12.7. The van der Waals surface area contributed by atoms with Gasteiger partial charge >= 0.3 is 6.18 Å². The Balaban J connectivity index is 2.05. The van der Waals surface area contributed by atoms with Crippen molar-refractivity contribution in [2.24, 2.45) is 11.8 Å². The molecular formula is C17H24F3N. The minimum atomic E-state index is -4.30. The molecule has 1 N–H and O–H groups in total. The van der Waals surface area contributed by atoms with Gasteiger partial charge in [-0.3, -0.25) is 0 Å². The molecule has 0 heterocycles. The lowest BCUT2D eigenvalue weighted by atomic mass is 9.81. The van der Waals surface area contributed by atoms with Crippen LogP contribution >= 0.6 is 0 Å². The van der Waals surface area contributed by atoms with E-state index < -0.39 is 11.7 Å². The number of para-hydroxylation sites is 1. The predicted molar refractivity (Wildman–Crippen MR) is 80.3 cm³/mol. The van der Waals surface area contributed by atoms with Crippen LogP contribution in [0.25, 0.3) is 0 Å². The minimum Gasteiger partial charge on any atom is -0.382 e. The first-order valence-corrected chi connectivity index (χ1v) is 7.79. The molecule has 1 nitrogen and oxygen atoms in total. The normalized spacial score (nSPS) is 23.3. The molecule has 2 atom stereocenters. The van der Waals surface area contributed by atoms with Crippen LogP contribution in [0.2, 0.25) is 0 Å². The van der Waals surface area contributed by atoms with Crippen molar-refractivity contribution < 1.29 is 13.2 Å². The lowest BCUT2D eigenvalue weighted by molar-refractivity contribution is -0.137. The maximum absolute atomic E-state index is 13.0. The molecule has 1 aliphatic carbocycles. The minimum absolute atomic E-state index is 0.158. The Bertz CT molecular complexity index is 454. The third kappa shape index (κ3) is 4.65. The van der Waals surface area contributed by atoms with E-state index >= 15 is 0 Å². The van der Waals surface area contributed by atoms with E-state index in [0.29, 0.717) is 11.8 Å². The summed E-state index contributed by atoms with van der Waals surface area (Å²) >= 11 is 0. The molecule has 0 aliphatic heterocycles. The van der Waals surface area contributed by atoms with Crippen molar-refractivity contribution in [2.75, 3.05) is 5.32 Å². The first-order chi connectivity index (χ1) is 9.86. The molecule has 118 valence electrons. The van der Waals surface area contributed by atoms with Crippen LogP contribution in [0, 0.1) is 11.8 Å². The van der Waals surface area contributed by atoms with E-state index in [9.17, 15) is 13.2 Å². The molecule has 0 bridgehead atoms. The van der Waals surface area contributed by atoms with Gasteiger partial charge in [-0.2, -0.15) is 13.2 Å². The molecular weight excluding hydrogens is 275 g/mol. The maximum atomic E-state index is 13.0. The van der Waals surface area contributed by atoms with Gasteiger partial charge in [-0.05, 0) is 43.2 Å². The molecule has 1 saturated carbocycles. The molecule has 1 aromatic rings. The zero-order chi connectivity index (χ0) is 15.5. The van der Waals surface area contributed by atoms with Crippen LogP contribution in [0.3, 0.4) is 0 Å². The van der Waals surface area contributed by atoms with Crippen LogP contribution in [-0.4, -0.2) is 6.04 Å². The van der Waals surface area contributed by atoms with Crippen molar-refractivity contribution >= 4 is 5.69 Å². The van der Waals surface area contributed by atoms with Crippen molar-refractivity contribution in [1.29, 1.82) is 0 Å². The number of benzene rings is 1. The van der Waals surface area contributed by atoms with Gasteiger partial charge in [0.25, 0.3) is 0 Å². The topological polar surface area (TPSA) is 12.0 Å². The molecule has 21 heavy (non-hydrogen) atoms. The number of alkyl halides is 3. The largest absolute Gasteiger partial charge is 0.418 e. The first kappa shape index (κ1) is 16.2. The Morgan fingerprint density at radius 3 is 2.57 bits per heavy atom. The average Bonchev–Trinajstić information content (AvgIpc) is 2.37. The van der Waals surface area contributed by atoms with Crippen molar-refractivity contribution in [3.05, 3.63) is 29.8 Å². The van der Waals surface area contributed by atoms with Crippen molar-refractivity contribution in [2.45, 2.75) is 58.2 Å². The Morgan fingerprint density at radius 2 is 1.90 bits per heavy atom. The van der Waals surface area contributed by atoms with Crippen molar-refractivity contribution in [3.63, 3.8) is 0 Å². The van der Waals surface area contributed by atoms with Gasteiger partial charge in [0, 0.05) is 11.7 Å². The smallest absolute Gasteiger partial charge is 0.382 e. The van der Waals surface area contributed by atoms with E-state index in [4.69, 9.17) is 0 Å². The monoisotopic (exact) mass is 299 g/mol. The summed E-state index contributed by atoms with van der Waals surface area (Å²) in [6.45, 7) is 4.41. The summed E-state index contributed by atoms with van der Waals surface area (Å²) in [6.07, 6.45) is 1.11. The maximum Gasteiger partial charge on any atom is 0.418 e. The summed E-state index contributed by atoms with van der Waals surface area (Å²) < 4.78 is 39.0. The van der Waals surface area contributed by atoms with E-state index in [-0.39, 0.29) is 11.7 Å². The molecule has 2 rings (SSSR count). The number of hydrogen-bond donors (Lipinski definition) is 1. The molecule has 1 aromatic carbocycles. The van der Waals surface area contributed by atoms with Crippen LogP contribution in [0.4, 0.5) is 18.9 Å². The van der Waals surface area contributed by atoms with Crippen LogP contribution in [-0.2, 0) is 6.18 Å². The van der Waals surface area contributed by atoms with Crippen LogP contribution < -0.4 is 5.32 Å². The van der Waals surface area contributed by atoms with Gasteiger partial charge in [-0.15, -0.1) is 0 Å². The second-order valence-corrected chi connectivity index (χ2v) is 6.55. The predicted octanol–water partition coefficient (Wildman–Crippen LogP) is 5.72. The highest BCUT2D eigenvalue weighted by atomic mass is 19.4. The molecule has 2 unspecified atom stereocenters. The summed E-state index contributed by atoms with van der Waals surface area (Å²) in [5.41, 5.74) is -0.337. The highest BCUT2D eigenvalue weighted by Gasteiger charge is 2.34. The van der Waals surface area contributed by atoms with E-state index in [1.165, 1.54) is 25.0 Å². The highest BCUT2D eigenvalue weighted by molar-refractivity contribution is 5.53. The number of anilines is 1. The van der Waals surface area contributed by atoms with E-state index in [2.05, 4.69) is 19.2 Å². The Hall–Kier alpha value is -1.19. The van der Waals surface area contributed by atoms with E-state index in [0.717, 1.165) is 25.3 Å². The molecule has 4 heteroatoms. The zero-order valence-electron chi connectivity index (χ0n) is 12.7. The van der Waals surface area contributed by atoms with Crippen LogP contribution in [0.15, 0.2) is 24.3 Å². The third-order valence-corrected chi connectivity index (χ3v) is 4.18. The molecule has 1 fully saturated rings. The van der Waals surface area contributed by atoms with Gasteiger partial charge < -0.3 is 5.32 Å². The summed E-state index contributed by atoms with van der Waals surface area (Å²) in [5.74, 6) is 1.28. The fourth-order valence-corrected chi connectivity index (χ4v) is 3.38. The molecule has 0 saturated heterocycles. The van der Waals surface area contributed by atoms with Gasteiger partial charge in [0.05, 0.1) is 5.56 Å². The number of halogens is 3. The van der Waals surface area contributed by atoms with Gasteiger partial charge in [-0.1, -0.05) is 38.8 Å². The van der Waals surface area contributed by atoms with Crippen LogP contribution in [0.5, 0.6) is 0 Å². The summed E-state index contributed by atoms with van der Waals surface area (Å²) in [4.78, 5) is 0. The summed E-state index contributed by atoms with van der Waals surface area (Å²) in [7, 11) is 0. The number of rotatable bonds is 4. The highest BCUT2D eigenvalue weighted by Crippen LogP contribution is 2.37. The fraction of sp³-hybridized carbons (Fsp3) is 0.647.